The third-order valence-corrected chi connectivity index (χ3v) is 20.7. The molecule has 0 unspecified atom stereocenters. The minimum absolute atomic E-state index is 0. The molecule has 0 atom stereocenters. The van der Waals surface area contributed by atoms with Gasteiger partial charge in [0, 0.05) is 0 Å². The number of hydrogen-bond donors (Lipinski definition) is 0. The Morgan fingerprint density at radius 3 is 0.683 bits per heavy atom. The second-order valence-corrected chi connectivity index (χ2v) is 25.8. The van der Waals surface area contributed by atoms with Gasteiger partial charge in [0.15, 0.2) is 0 Å². The Hall–Kier alpha value is 3.97. The van der Waals surface area contributed by atoms with Crippen LogP contribution in [0.1, 0.15) is 156 Å². The van der Waals surface area contributed by atoms with Gasteiger partial charge in [0.25, 0.3) is 0 Å². The van der Waals surface area contributed by atoms with E-state index in [1.54, 1.807) is 0 Å². The van der Waals surface area contributed by atoms with Crippen LogP contribution in [0.4, 0.5) is 0 Å². The summed E-state index contributed by atoms with van der Waals surface area (Å²) in [7, 11) is -1.08. The van der Waals surface area contributed by atoms with Gasteiger partial charge in [-0.2, -0.15) is 0 Å². The first kappa shape index (κ1) is 54.4. The van der Waals surface area contributed by atoms with Crippen molar-refractivity contribution in [3.63, 3.8) is 0 Å². The summed E-state index contributed by atoms with van der Waals surface area (Å²) in [5, 5.41) is 0. The summed E-state index contributed by atoms with van der Waals surface area (Å²) in [5.74, 6) is 3.23. The van der Waals surface area contributed by atoms with E-state index in [9.17, 15) is 19.6 Å². The standard InChI is InChI=1S/2C14H30O2PS2.3Zn/c2*1-3-5-7-9-11-13-19(17(15,16)18)14-12-10-8-6-4-2;;;/h2*3-14H2,1-2H3;;;/q2*-3;3*+2. The van der Waals surface area contributed by atoms with E-state index in [0.29, 0.717) is 0 Å². The summed E-state index contributed by atoms with van der Waals surface area (Å²) in [4.78, 5) is 46.5. The molecule has 0 aromatic carbocycles. The predicted molar refractivity (Wildman–Crippen MR) is 178 cm³/mol. The molecule has 0 bridgehead atoms. The molecule has 0 radical (unpaired) electrons. The average Bonchev–Trinajstić information content (AvgIpc) is 2.84. The normalized spacial score (nSPS) is 11.4. The van der Waals surface area contributed by atoms with Gasteiger partial charge >= 0.3 is 58.4 Å². The summed E-state index contributed by atoms with van der Waals surface area (Å²) in [6, 6.07) is 0. The first-order chi connectivity index (χ1) is 18.0. The quantitative estimate of drug-likeness (QED) is 0.0452. The maximum Gasteiger partial charge on any atom is 2.00 e. The maximum absolute atomic E-state index is 11.6. The zero-order valence-corrected chi connectivity index (χ0v) is 41.2. The van der Waals surface area contributed by atoms with Gasteiger partial charge in [0.1, 0.15) is 0 Å². The van der Waals surface area contributed by atoms with Crippen LogP contribution in [0.25, 0.3) is 0 Å². The van der Waals surface area contributed by atoms with Crippen LogP contribution in [0.5, 0.6) is 0 Å². The summed E-state index contributed by atoms with van der Waals surface area (Å²) >= 11 is 9.44. The van der Waals surface area contributed by atoms with E-state index in [4.69, 9.17) is 24.5 Å². The van der Waals surface area contributed by atoms with Gasteiger partial charge < -0.3 is 55.5 Å². The molecule has 0 fully saturated rings. The monoisotopic (exact) mass is 842 g/mol. The van der Waals surface area contributed by atoms with Crippen LogP contribution >= 0.6 is 11.4 Å². The molecule has 0 saturated carbocycles. The van der Waals surface area contributed by atoms with Crippen LogP contribution in [0.2, 0.25) is 0 Å². The second kappa shape index (κ2) is 38.4. The smallest absolute Gasteiger partial charge is 0.854 e. The van der Waals surface area contributed by atoms with Crippen molar-refractivity contribution in [1.29, 1.82) is 0 Å². The molecule has 13 heteroatoms. The molecular weight excluding hydrogens is 787 g/mol. The molecule has 0 amide bonds. The summed E-state index contributed by atoms with van der Waals surface area (Å²) in [6.07, 6.45) is 23.6. The minimum Gasteiger partial charge on any atom is -0.854 e. The molecule has 236 valence electrons. The molecule has 41 heavy (non-hydrogen) atoms. The molecule has 0 heterocycles. The molecule has 0 aromatic rings. The van der Waals surface area contributed by atoms with Crippen LogP contribution in [0.15, 0.2) is 0 Å². The fourth-order valence-corrected chi connectivity index (χ4v) is 14.5. The van der Waals surface area contributed by atoms with Gasteiger partial charge in [-0.25, -0.2) is 20.1 Å². The van der Waals surface area contributed by atoms with E-state index in [2.05, 4.69) is 27.7 Å². The predicted octanol–water partition coefficient (Wildman–Crippen LogP) is 6.97. The molecule has 0 N–H and O–H groups in total. The first-order valence-corrected chi connectivity index (χ1v) is 25.1. The topological polar surface area (TPSA) is 92.2 Å². The molecule has 0 aliphatic carbocycles. The Bertz CT molecular complexity index is 549. The third-order valence-electron chi connectivity index (χ3n) is 6.57. The van der Waals surface area contributed by atoms with E-state index >= 15 is 0 Å². The Kier molecular flexibility index (Phi) is 51.0. The van der Waals surface area contributed by atoms with E-state index in [1.165, 1.54) is 77.0 Å². The number of hydrogen-bond acceptors (Lipinski definition) is 6. The van der Waals surface area contributed by atoms with Crippen molar-refractivity contribution in [2.45, 2.75) is 156 Å². The summed E-state index contributed by atoms with van der Waals surface area (Å²) in [5.41, 5.74) is -7.05. The Morgan fingerprint density at radius 2 is 0.537 bits per heavy atom. The Balaban J connectivity index is -0.000000196. The fraction of sp³-hybridized carbons (Fsp3) is 1.00. The second-order valence-electron chi connectivity index (χ2n) is 10.3. The first-order valence-electron chi connectivity index (χ1n) is 15.4. The van der Waals surface area contributed by atoms with Gasteiger partial charge in [-0.05, 0) is 48.7 Å². The van der Waals surface area contributed by atoms with Crippen molar-refractivity contribution in [2.24, 2.45) is 0 Å². The van der Waals surface area contributed by atoms with Crippen LogP contribution in [0.3, 0.4) is 0 Å². The summed E-state index contributed by atoms with van der Waals surface area (Å²) < 4.78 is 0. The van der Waals surface area contributed by atoms with E-state index in [1.807, 2.05) is 0 Å². The van der Waals surface area contributed by atoms with Crippen molar-refractivity contribution in [1.82, 2.24) is 0 Å². The van der Waals surface area contributed by atoms with E-state index in [-0.39, 0.29) is 58.4 Å². The van der Waals surface area contributed by atoms with Crippen LogP contribution in [0, 0.1) is 0 Å². The molecule has 4 nitrogen and oxygen atoms in total. The largest absolute Gasteiger partial charge is 2.00 e. The van der Waals surface area contributed by atoms with Crippen molar-refractivity contribution in [3.8, 4) is 0 Å². The molecule has 0 aliphatic heterocycles. The van der Waals surface area contributed by atoms with Crippen molar-refractivity contribution in [3.05, 3.63) is 0 Å². The zero-order chi connectivity index (χ0) is 29.1. The SMILES string of the molecule is CCCCCCCS(CCCCCCC)=P([O-])([O-])[S-].CCCCCCCS(CCCCCCC)=P([O-])([O-])[S-].[Zn+2].[Zn+2].[Zn+2]. The molecule has 0 aliphatic rings. The molecular formula is C28H60O4P2S4Zn3. The summed E-state index contributed by atoms with van der Waals surface area (Å²) in [6.45, 7) is 8.76. The van der Waals surface area contributed by atoms with Crippen LogP contribution in [-0.2, 0) is 103 Å². The number of unbranched alkanes of at least 4 members (excludes halogenated alkanes) is 16. The van der Waals surface area contributed by atoms with Gasteiger partial charge in [-0.3, -0.25) is 0 Å². The van der Waals surface area contributed by atoms with E-state index < -0.39 is 31.5 Å². The van der Waals surface area contributed by atoms with E-state index in [0.717, 1.165) is 74.4 Å². The average molecular weight is 847 g/mol. The van der Waals surface area contributed by atoms with Crippen LogP contribution in [-0.4, -0.2) is 23.0 Å². The van der Waals surface area contributed by atoms with Crippen molar-refractivity contribution >= 4 is 56.0 Å². The van der Waals surface area contributed by atoms with Crippen molar-refractivity contribution in [2.75, 3.05) is 23.0 Å². The van der Waals surface area contributed by atoms with Gasteiger partial charge in [0.2, 0.25) is 0 Å². The van der Waals surface area contributed by atoms with Gasteiger partial charge in [0.05, 0.1) is 0 Å². The molecule has 0 spiro atoms. The molecule has 0 rings (SSSR count). The fourth-order valence-electron chi connectivity index (χ4n) is 4.14. The third kappa shape index (κ3) is 40.1. The van der Waals surface area contributed by atoms with Gasteiger partial charge in [-0.15, -0.1) is 0 Å². The maximum atomic E-state index is 11.6. The zero-order valence-electron chi connectivity index (χ0n) is 27.3. The van der Waals surface area contributed by atoms with Crippen LogP contribution < -0.4 is 19.6 Å². The van der Waals surface area contributed by atoms with Crippen molar-refractivity contribution < 1.29 is 78.0 Å². The van der Waals surface area contributed by atoms with Gasteiger partial charge in [-0.1, -0.05) is 130 Å². The minimum atomic E-state index is -3.53. The number of rotatable bonds is 24. The molecule has 0 saturated heterocycles. The Morgan fingerprint density at radius 1 is 0.366 bits per heavy atom. The molecule has 0 aromatic heterocycles. The Labute approximate surface area is 310 Å².